The Kier molecular flexibility index (Phi) is 7.19. The SMILES string of the molecule is CC1(C)c2ccccc2C2(c3ccccc3-c3c(-c4nc(-c5ccccc5-c5ccccc5)cc(-c5cccc6c5oc5ccccc56)n4)cccc32)c2ccccc21. The van der Waals surface area contributed by atoms with E-state index in [1.54, 1.807) is 0 Å². The van der Waals surface area contributed by atoms with Gasteiger partial charge in [0.1, 0.15) is 11.2 Å². The summed E-state index contributed by atoms with van der Waals surface area (Å²) in [5, 5.41) is 2.16. The Morgan fingerprint density at radius 1 is 0.390 bits per heavy atom. The van der Waals surface area contributed by atoms with Crippen LogP contribution in [0.25, 0.3) is 78.1 Å². The summed E-state index contributed by atoms with van der Waals surface area (Å²) in [5.41, 5.74) is 18.2. The lowest BCUT2D eigenvalue weighted by atomic mass is 9.55. The molecule has 59 heavy (non-hydrogen) atoms. The molecule has 2 aliphatic carbocycles. The van der Waals surface area contributed by atoms with Crippen molar-refractivity contribution in [3.8, 4) is 56.2 Å². The highest BCUT2D eigenvalue weighted by Gasteiger charge is 2.53. The molecule has 0 radical (unpaired) electrons. The fourth-order valence-corrected chi connectivity index (χ4v) is 10.5. The third-order valence-corrected chi connectivity index (χ3v) is 13.0. The quantitative estimate of drug-likeness (QED) is 0.180. The highest BCUT2D eigenvalue weighted by molar-refractivity contribution is 6.09. The normalized spacial score (nSPS) is 14.2. The summed E-state index contributed by atoms with van der Waals surface area (Å²) in [6, 6.07) is 69.8. The molecule has 2 heterocycles. The number of hydrogen-bond donors (Lipinski definition) is 0. The maximum Gasteiger partial charge on any atom is 0.161 e. The first-order valence-electron chi connectivity index (χ1n) is 20.4. The van der Waals surface area contributed by atoms with E-state index in [1.165, 1.54) is 44.5 Å². The zero-order valence-electron chi connectivity index (χ0n) is 32.8. The van der Waals surface area contributed by atoms with Crippen molar-refractivity contribution in [1.82, 2.24) is 9.97 Å². The van der Waals surface area contributed by atoms with Crippen LogP contribution < -0.4 is 0 Å². The van der Waals surface area contributed by atoms with Crippen LogP contribution in [-0.2, 0) is 10.8 Å². The first-order chi connectivity index (χ1) is 29.0. The molecule has 12 rings (SSSR count). The molecular formula is C56H38N2O. The lowest BCUT2D eigenvalue weighted by Crippen LogP contribution is -2.40. The number of rotatable bonds is 4. The number of para-hydroxylation sites is 2. The van der Waals surface area contributed by atoms with Crippen molar-refractivity contribution in [1.29, 1.82) is 0 Å². The minimum atomic E-state index is -0.523. The van der Waals surface area contributed by atoms with E-state index in [1.807, 2.05) is 12.1 Å². The predicted octanol–water partition coefficient (Wildman–Crippen LogP) is 14.0. The van der Waals surface area contributed by atoms with E-state index in [9.17, 15) is 0 Å². The monoisotopic (exact) mass is 754 g/mol. The van der Waals surface area contributed by atoms with Crippen molar-refractivity contribution in [3.05, 3.63) is 228 Å². The molecule has 1 spiro atoms. The van der Waals surface area contributed by atoms with Gasteiger partial charge in [-0.15, -0.1) is 0 Å². The summed E-state index contributed by atoms with van der Waals surface area (Å²) in [6.07, 6.45) is 0. The molecule has 0 saturated carbocycles. The highest BCUT2D eigenvalue weighted by Crippen LogP contribution is 2.63. The van der Waals surface area contributed by atoms with E-state index in [-0.39, 0.29) is 5.41 Å². The second-order valence-electron chi connectivity index (χ2n) is 16.4. The molecule has 3 nitrogen and oxygen atoms in total. The largest absolute Gasteiger partial charge is 0.455 e. The maximum absolute atomic E-state index is 6.64. The molecule has 0 unspecified atom stereocenters. The first-order valence-corrected chi connectivity index (χ1v) is 20.4. The topological polar surface area (TPSA) is 38.9 Å². The van der Waals surface area contributed by atoms with Gasteiger partial charge in [0, 0.05) is 32.9 Å². The average molecular weight is 755 g/mol. The van der Waals surface area contributed by atoms with Crippen molar-refractivity contribution in [2.24, 2.45) is 0 Å². The fraction of sp³-hybridized carbons (Fsp3) is 0.0714. The summed E-state index contributed by atoms with van der Waals surface area (Å²) < 4.78 is 6.64. The van der Waals surface area contributed by atoms with Gasteiger partial charge in [0.15, 0.2) is 5.82 Å². The molecule has 0 aliphatic heterocycles. The zero-order valence-corrected chi connectivity index (χ0v) is 32.8. The van der Waals surface area contributed by atoms with Crippen molar-refractivity contribution in [2.75, 3.05) is 0 Å². The summed E-state index contributed by atoms with van der Waals surface area (Å²) in [7, 11) is 0. The van der Waals surface area contributed by atoms with E-state index in [4.69, 9.17) is 14.4 Å². The highest BCUT2D eigenvalue weighted by atomic mass is 16.3. The first kappa shape index (κ1) is 33.7. The van der Waals surface area contributed by atoms with Gasteiger partial charge < -0.3 is 4.42 Å². The van der Waals surface area contributed by atoms with Crippen molar-refractivity contribution in [2.45, 2.75) is 24.7 Å². The Morgan fingerprint density at radius 3 is 1.64 bits per heavy atom. The Labute approximate surface area is 343 Å². The molecule has 278 valence electrons. The predicted molar refractivity (Wildman–Crippen MR) is 240 cm³/mol. The van der Waals surface area contributed by atoms with Gasteiger partial charge in [0.05, 0.1) is 16.8 Å². The number of benzene rings is 8. The van der Waals surface area contributed by atoms with Crippen LogP contribution in [-0.4, -0.2) is 9.97 Å². The molecule has 3 heteroatoms. The molecule has 0 bridgehead atoms. The van der Waals surface area contributed by atoms with Gasteiger partial charge in [0.25, 0.3) is 0 Å². The second-order valence-corrected chi connectivity index (χ2v) is 16.4. The van der Waals surface area contributed by atoms with Crippen LogP contribution in [0, 0.1) is 0 Å². The lowest BCUT2D eigenvalue weighted by Gasteiger charge is -2.46. The molecule has 2 aliphatic rings. The third kappa shape index (κ3) is 4.70. The smallest absolute Gasteiger partial charge is 0.161 e. The van der Waals surface area contributed by atoms with Crippen LogP contribution in [0.1, 0.15) is 47.2 Å². The van der Waals surface area contributed by atoms with E-state index < -0.39 is 5.41 Å². The molecule has 0 N–H and O–H groups in total. The van der Waals surface area contributed by atoms with E-state index >= 15 is 0 Å². The van der Waals surface area contributed by atoms with Gasteiger partial charge in [-0.25, -0.2) is 9.97 Å². The van der Waals surface area contributed by atoms with Gasteiger partial charge in [0.2, 0.25) is 0 Å². The molecule has 0 atom stereocenters. The number of fused-ring (bicyclic) bond motifs is 12. The molecule has 0 saturated heterocycles. The van der Waals surface area contributed by atoms with Gasteiger partial charge >= 0.3 is 0 Å². The maximum atomic E-state index is 6.64. The van der Waals surface area contributed by atoms with E-state index in [0.29, 0.717) is 5.82 Å². The van der Waals surface area contributed by atoms with E-state index in [2.05, 4.69) is 196 Å². The standard InChI is InChI=1S/C56H38N2O/c1-55(2)44-28-11-13-30-46(44)56(47-31-14-12-29-45(47)55)43-27-10-8-23-40(43)52-42(26-17-32-48(52)56)54-57-49(37-21-7-6-20-36(37)35-18-4-3-5-19-35)34-50(58-54)41-25-16-24-39-38-22-9-15-33-51(38)59-53(39)41/h3-34H,1-2H3. The number of hydrogen-bond acceptors (Lipinski definition) is 3. The van der Waals surface area contributed by atoms with Gasteiger partial charge in [-0.1, -0.05) is 190 Å². The Hall–Kier alpha value is -7.36. The van der Waals surface area contributed by atoms with Crippen LogP contribution in [0.4, 0.5) is 0 Å². The van der Waals surface area contributed by atoms with Crippen LogP contribution in [0.2, 0.25) is 0 Å². The number of aromatic nitrogens is 2. The van der Waals surface area contributed by atoms with Gasteiger partial charge in [-0.05, 0) is 73.8 Å². The van der Waals surface area contributed by atoms with Crippen LogP contribution in [0.5, 0.6) is 0 Å². The van der Waals surface area contributed by atoms with Crippen molar-refractivity contribution < 1.29 is 4.42 Å². The third-order valence-electron chi connectivity index (χ3n) is 13.0. The molecule has 8 aromatic carbocycles. The van der Waals surface area contributed by atoms with Gasteiger partial charge in [-0.2, -0.15) is 0 Å². The zero-order chi connectivity index (χ0) is 39.3. The lowest BCUT2D eigenvalue weighted by molar-refractivity contribution is 0.563. The molecular weight excluding hydrogens is 717 g/mol. The van der Waals surface area contributed by atoms with Crippen molar-refractivity contribution >= 4 is 21.9 Å². The average Bonchev–Trinajstić information content (AvgIpc) is 3.83. The van der Waals surface area contributed by atoms with Gasteiger partial charge in [-0.3, -0.25) is 0 Å². The Morgan fingerprint density at radius 2 is 0.898 bits per heavy atom. The van der Waals surface area contributed by atoms with Crippen LogP contribution >= 0.6 is 0 Å². The fourth-order valence-electron chi connectivity index (χ4n) is 10.5. The van der Waals surface area contributed by atoms with Crippen LogP contribution in [0.3, 0.4) is 0 Å². The minimum Gasteiger partial charge on any atom is -0.455 e. The van der Waals surface area contributed by atoms with E-state index in [0.717, 1.165) is 61.1 Å². The number of furan rings is 1. The molecule has 0 fully saturated rings. The number of nitrogens with zero attached hydrogens (tertiary/aromatic N) is 2. The second kappa shape index (κ2) is 12.6. The van der Waals surface area contributed by atoms with Crippen LogP contribution in [0.15, 0.2) is 199 Å². The Balaban J connectivity index is 1.17. The summed E-state index contributed by atoms with van der Waals surface area (Å²) in [6.45, 7) is 4.73. The summed E-state index contributed by atoms with van der Waals surface area (Å²) in [4.78, 5) is 11.1. The molecule has 10 aromatic rings. The molecule has 0 amide bonds. The summed E-state index contributed by atoms with van der Waals surface area (Å²) in [5.74, 6) is 0.676. The summed E-state index contributed by atoms with van der Waals surface area (Å²) >= 11 is 0. The van der Waals surface area contributed by atoms with Crippen molar-refractivity contribution in [3.63, 3.8) is 0 Å². The molecule has 2 aromatic heterocycles. The Bertz CT molecular complexity index is 3270. The minimum absolute atomic E-state index is 0.177.